The van der Waals surface area contributed by atoms with Gasteiger partial charge in [0, 0.05) is 10.9 Å². The average molecular weight is 242 g/mol. The zero-order valence-corrected chi connectivity index (χ0v) is 10.3. The molecule has 92 valence electrons. The molecule has 3 N–H and O–H groups in total. The number of hydrogen-bond donors (Lipinski definition) is 2. The van der Waals surface area contributed by atoms with Crippen LogP contribution in [0.4, 0.5) is 0 Å². The molecule has 0 bridgehead atoms. The van der Waals surface area contributed by atoms with Crippen molar-refractivity contribution >= 4 is 10.9 Å². The van der Waals surface area contributed by atoms with Crippen molar-refractivity contribution in [3.63, 3.8) is 0 Å². The van der Waals surface area contributed by atoms with E-state index in [1.165, 1.54) is 5.56 Å². The van der Waals surface area contributed by atoms with Crippen molar-refractivity contribution in [1.29, 1.82) is 0 Å². The van der Waals surface area contributed by atoms with Gasteiger partial charge in [0.15, 0.2) is 0 Å². The molecule has 0 unspecified atom stereocenters. The van der Waals surface area contributed by atoms with Gasteiger partial charge in [-0.05, 0) is 32.0 Å². The molecule has 5 heteroatoms. The van der Waals surface area contributed by atoms with Gasteiger partial charge in [-0.3, -0.25) is 0 Å². The van der Waals surface area contributed by atoms with Crippen molar-refractivity contribution in [1.82, 2.24) is 15.1 Å². The van der Waals surface area contributed by atoms with Gasteiger partial charge in [0.2, 0.25) is 11.7 Å². The molecule has 3 aromatic rings. The summed E-state index contributed by atoms with van der Waals surface area (Å²) < 4.78 is 5.09. The fourth-order valence-corrected chi connectivity index (χ4v) is 1.90. The molecule has 2 aromatic heterocycles. The van der Waals surface area contributed by atoms with Gasteiger partial charge in [-0.2, -0.15) is 4.98 Å². The summed E-state index contributed by atoms with van der Waals surface area (Å²) in [6, 6.07) is 7.98. The summed E-state index contributed by atoms with van der Waals surface area (Å²) in [7, 11) is 0. The van der Waals surface area contributed by atoms with E-state index in [-0.39, 0.29) is 6.04 Å². The molecule has 3 rings (SSSR count). The number of hydrogen-bond acceptors (Lipinski definition) is 4. The van der Waals surface area contributed by atoms with E-state index < -0.39 is 0 Å². The zero-order chi connectivity index (χ0) is 12.7. The third-order valence-electron chi connectivity index (χ3n) is 2.85. The summed E-state index contributed by atoms with van der Waals surface area (Å²) in [5.74, 6) is 0.982. The lowest BCUT2D eigenvalue weighted by molar-refractivity contribution is 0.362. The quantitative estimate of drug-likeness (QED) is 0.723. The van der Waals surface area contributed by atoms with Gasteiger partial charge >= 0.3 is 0 Å². The van der Waals surface area contributed by atoms with E-state index >= 15 is 0 Å². The van der Waals surface area contributed by atoms with Gasteiger partial charge in [0.05, 0.1) is 11.7 Å². The molecule has 1 atom stereocenters. The number of aromatic amines is 1. The van der Waals surface area contributed by atoms with Gasteiger partial charge in [-0.15, -0.1) is 0 Å². The second-order valence-corrected chi connectivity index (χ2v) is 4.52. The molecule has 0 aliphatic carbocycles. The fraction of sp³-hybridized carbons (Fsp3) is 0.231. The Morgan fingerprint density at radius 2 is 2.17 bits per heavy atom. The lowest BCUT2D eigenvalue weighted by Gasteiger charge is -1.92. The molecule has 0 saturated carbocycles. The number of nitrogens with two attached hydrogens (primary N) is 1. The van der Waals surface area contributed by atoms with Crippen molar-refractivity contribution in [2.24, 2.45) is 5.73 Å². The van der Waals surface area contributed by atoms with Crippen LogP contribution in [0.2, 0.25) is 0 Å². The molecule has 5 nitrogen and oxygen atoms in total. The number of aromatic nitrogens is 3. The van der Waals surface area contributed by atoms with E-state index in [1.54, 1.807) is 0 Å². The lowest BCUT2D eigenvalue weighted by Crippen LogP contribution is -2.04. The molecule has 0 saturated heterocycles. The van der Waals surface area contributed by atoms with Gasteiger partial charge in [-0.1, -0.05) is 16.8 Å². The summed E-state index contributed by atoms with van der Waals surface area (Å²) in [6.45, 7) is 3.88. The van der Waals surface area contributed by atoms with E-state index in [4.69, 9.17) is 10.3 Å². The first-order valence-electron chi connectivity index (χ1n) is 5.82. The van der Waals surface area contributed by atoms with Crippen LogP contribution >= 0.6 is 0 Å². The monoisotopic (exact) mass is 242 g/mol. The summed E-state index contributed by atoms with van der Waals surface area (Å²) in [5.41, 5.74) is 8.81. The maximum Gasteiger partial charge on any atom is 0.243 e. The Labute approximate surface area is 104 Å². The van der Waals surface area contributed by atoms with Crippen LogP contribution in [0.15, 0.2) is 28.8 Å². The molecular weight excluding hydrogens is 228 g/mol. The molecule has 0 aliphatic heterocycles. The second kappa shape index (κ2) is 3.96. The number of fused-ring (bicyclic) bond motifs is 1. The Morgan fingerprint density at radius 3 is 2.89 bits per heavy atom. The maximum absolute atomic E-state index is 5.69. The number of H-pyrrole nitrogens is 1. The second-order valence-electron chi connectivity index (χ2n) is 4.52. The highest BCUT2D eigenvalue weighted by atomic mass is 16.5. The molecule has 0 fully saturated rings. The topological polar surface area (TPSA) is 80.7 Å². The highest BCUT2D eigenvalue weighted by molar-refractivity contribution is 5.85. The van der Waals surface area contributed by atoms with Crippen molar-refractivity contribution in [3.05, 3.63) is 35.7 Å². The Morgan fingerprint density at radius 1 is 1.33 bits per heavy atom. The van der Waals surface area contributed by atoms with Crippen molar-refractivity contribution in [2.75, 3.05) is 0 Å². The van der Waals surface area contributed by atoms with E-state index in [9.17, 15) is 0 Å². The molecular formula is C13H14N4O. The first-order valence-corrected chi connectivity index (χ1v) is 5.82. The summed E-state index contributed by atoms with van der Waals surface area (Å²) in [6.07, 6.45) is 0. The summed E-state index contributed by atoms with van der Waals surface area (Å²) >= 11 is 0. The Balaban J connectivity index is 2.07. The molecule has 2 heterocycles. The minimum atomic E-state index is -0.252. The minimum absolute atomic E-state index is 0.252. The molecule has 0 aliphatic rings. The van der Waals surface area contributed by atoms with Gasteiger partial charge in [0.25, 0.3) is 0 Å². The average Bonchev–Trinajstić information content (AvgIpc) is 2.93. The van der Waals surface area contributed by atoms with Crippen LogP contribution < -0.4 is 5.73 Å². The Hall–Kier alpha value is -2.14. The minimum Gasteiger partial charge on any atom is -0.352 e. The fourth-order valence-electron chi connectivity index (χ4n) is 1.90. The number of nitrogens with zero attached hydrogens (tertiary/aromatic N) is 2. The number of nitrogens with one attached hydrogen (secondary N) is 1. The van der Waals surface area contributed by atoms with Crippen molar-refractivity contribution < 1.29 is 4.52 Å². The Kier molecular flexibility index (Phi) is 2.41. The normalized spacial score (nSPS) is 13.1. The highest BCUT2D eigenvalue weighted by Gasteiger charge is 2.13. The predicted octanol–water partition coefficient (Wildman–Crippen LogP) is 2.55. The predicted molar refractivity (Wildman–Crippen MR) is 68.9 cm³/mol. The largest absolute Gasteiger partial charge is 0.352 e. The third-order valence-corrected chi connectivity index (χ3v) is 2.85. The van der Waals surface area contributed by atoms with Crippen LogP contribution in [-0.4, -0.2) is 15.1 Å². The van der Waals surface area contributed by atoms with E-state index in [1.807, 2.05) is 19.1 Å². The van der Waals surface area contributed by atoms with E-state index in [0.29, 0.717) is 11.7 Å². The molecule has 0 spiro atoms. The number of rotatable bonds is 2. The number of aryl methyl sites for hydroxylation is 1. The van der Waals surface area contributed by atoms with Crippen LogP contribution in [0.3, 0.4) is 0 Å². The van der Waals surface area contributed by atoms with Crippen molar-refractivity contribution in [2.45, 2.75) is 19.9 Å². The maximum atomic E-state index is 5.69. The van der Waals surface area contributed by atoms with Gasteiger partial charge in [-0.25, -0.2) is 0 Å². The molecule has 0 radical (unpaired) electrons. The summed E-state index contributed by atoms with van der Waals surface area (Å²) in [5, 5.41) is 5.06. The molecule has 1 aromatic carbocycles. The van der Waals surface area contributed by atoms with Crippen LogP contribution in [0.1, 0.15) is 24.4 Å². The first kappa shape index (κ1) is 11.0. The van der Waals surface area contributed by atoms with E-state index in [2.05, 4.69) is 34.2 Å². The van der Waals surface area contributed by atoms with Crippen molar-refractivity contribution in [3.8, 4) is 11.5 Å². The van der Waals surface area contributed by atoms with Crippen LogP contribution in [0, 0.1) is 6.92 Å². The third kappa shape index (κ3) is 1.78. The molecule has 18 heavy (non-hydrogen) atoms. The first-order chi connectivity index (χ1) is 8.63. The highest BCUT2D eigenvalue weighted by Crippen LogP contribution is 2.23. The van der Waals surface area contributed by atoms with Crippen LogP contribution in [-0.2, 0) is 0 Å². The Bertz CT molecular complexity index is 696. The number of benzene rings is 1. The zero-order valence-electron chi connectivity index (χ0n) is 10.3. The smallest absolute Gasteiger partial charge is 0.243 e. The van der Waals surface area contributed by atoms with E-state index in [0.717, 1.165) is 16.6 Å². The van der Waals surface area contributed by atoms with Gasteiger partial charge < -0.3 is 15.2 Å². The van der Waals surface area contributed by atoms with Gasteiger partial charge in [0.1, 0.15) is 0 Å². The summed E-state index contributed by atoms with van der Waals surface area (Å²) in [4.78, 5) is 7.53. The van der Waals surface area contributed by atoms with Crippen LogP contribution in [0.25, 0.3) is 22.4 Å². The van der Waals surface area contributed by atoms with Crippen LogP contribution in [0.5, 0.6) is 0 Å². The lowest BCUT2D eigenvalue weighted by atomic mass is 10.2. The standard InChI is InChI=1S/C13H14N4O/c1-7-3-4-10-9(5-7)6-11(15-10)12-16-13(8(2)14)18-17-12/h3-6,8,15H,14H2,1-2H3/t8-/m0/s1. The molecule has 0 amide bonds. The SMILES string of the molecule is Cc1ccc2[nH]c(-c3noc([C@H](C)N)n3)cc2c1.